The number of nitrogens with zero attached hydrogens (tertiary/aromatic N) is 3. The van der Waals surface area contributed by atoms with Crippen LogP contribution in [0.2, 0.25) is 0 Å². The Labute approximate surface area is 196 Å². The van der Waals surface area contributed by atoms with Crippen molar-refractivity contribution in [3.05, 3.63) is 70.6 Å². The van der Waals surface area contributed by atoms with E-state index in [2.05, 4.69) is 11.9 Å². The van der Waals surface area contributed by atoms with Gasteiger partial charge < -0.3 is 15.2 Å². The predicted molar refractivity (Wildman–Crippen MR) is 128 cm³/mol. The maximum Gasteiger partial charge on any atom is 0.222 e. The summed E-state index contributed by atoms with van der Waals surface area (Å²) in [6, 6.07) is 4.59. The molecule has 1 aromatic carbocycles. The average molecular weight is 473 g/mol. The van der Waals surface area contributed by atoms with Crippen LogP contribution in [0.5, 0.6) is 0 Å². The summed E-state index contributed by atoms with van der Waals surface area (Å²) in [5, 5.41) is 0. The van der Waals surface area contributed by atoms with Crippen molar-refractivity contribution < 1.29 is 18.1 Å². The zero-order valence-electron chi connectivity index (χ0n) is 19.5. The molecule has 0 amide bonds. The van der Waals surface area contributed by atoms with E-state index in [1.807, 2.05) is 19.9 Å². The quantitative estimate of drug-likeness (QED) is 0.721. The second-order valence-corrected chi connectivity index (χ2v) is 10.2. The SMILES string of the molecule is CCC1C=C(C2=COC=C(C)C2C)OC(c2ccc(F)c(C3(C)CS(=O)N(C)C(N)=N3)c2)=N1. The van der Waals surface area contributed by atoms with E-state index in [4.69, 9.17) is 20.2 Å². The van der Waals surface area contributed by atoms with Gasteiger partial charge in [-0.15, -0.1) is 0 Å². The summed E-state index contributed by atoms with van der Waals surface area (Å²) in [6.07, 6.45) is 6.20. The zero-order valence-corrected chi connectivity index (χ0v) is 20.3. The van der Waals surface area contributed by atoms with Gasteiger partial charge in [-0.05, 0) is 50.1 Å². The third-order valence-electron chi connectivity index (χ3n) is 6.32. The molecule has 33 heavy (non-hydrogen) atoms. The Hall–Kier alpha value is -2.94. The molecule has 0 saturated heterocycles. The molecule has 7 nitrogen and oxygen atoms in total. The van der Waals surface area contributed by atoms with Crippen molar-refractivity contribution in [1.29, 1.82) is 0 Å². The molecule has 0 aliphatic carbocycles. The Morgan fingerprint density at radius 2 is 2.12 bits per heavy atom. The second kappa shape index (κ2) is 8.78. The van der Waals surface area contributed by atoms with Crippen molar-refractivity contribution in [3.63, 3.8) is 0 Å². The van der Waals surface area contributed by atoms with Gasteiger partial charge in [-0.25, -0.2) is 18.6 Å². The van der Waals surface area contributed by atoms with Crippen LogP contribution in [0.25, 0.3) is 0 Å². The highest BCUT2D eigenvalue weighted by molar-refractivity contribution is 7.83. The summed E-state index contributed by atoms with van der Waals surface area (Å²) >= 11 is 0. The monoisotopic (exact) mass is 472 g/mol. The Morgan fingerprint density at radius 1 is 1.36 bits per heavy atom. The summed E-state index contributed by atoms with van der Waals surface area (Å²) in [6.45, 7) is 7.89. The van der Waals surface area contributed by atoms with Crippen LogP contribution in [0.15, 0.2) is 63.7 Å². The molecular weight excluding hydrogens is 443 g/mol. The fourth-order valence-corrected chi connectivity index (χ4v) is 5.11. The number of allylic oxidation sites excluding steroid dienone is 2. The van der Waals surface area contributed by atoms with Gasteiger partial charge in [0, 0.05) is 29.7 Å². The first-order valence-electron chi connectivity index (χ1n) is 10.9. The highest BCUT2D eigenvalue weighted by atomic mass is 32.2. The van der Waals surface area contributed by atoms with E-state index >= 15 is 0 Å². The molecule has 0 aromatic heterocycles. The Bertz CT molecular complexity index is 1160. The molecule has 3 aliphatic heterocycles. The molecule has 176 valence electrons. The lowest BCUT2D eigenvalue weighted by Gasteiger charge is -2.34. The summed E-state index contributed by atoms with van der Waals surface area (Å²) in [4.78, 5) is 9.19. The lowest BCUT2D eigenvalue weighted by molar-refractivity contribution is 0.343. The first kappa shape index (κ1) is 23.2. The predicted octanol–water partition coefficient (Wildman–Crippen LogP) is 3.86. The maximum atomic E-state index is 15.0. The van der Waals surface area contributed by atoms with E-state index in [-0.39, 0.29) is 23.7 Å². The van der Waals surface area contributed by atoms with Gasteiger partial charge in [-0.2, -0.15) is 0 Å². The van der Waals surface area contributed by atoms with Gasteiger partial charge in [-0.1, -0.05) is 13.8 Å². The van der Waals surface area contributed by atoms with Crippen LogP contribution in [-0.4, -0.2) is 39.2 Å². The van der Waals surface area contributed by atoms with Crippen molar-refractivity contribution in [2.24, 2.45) is 21.6 Å². The topological polar surface area (TPSA) is 89.5 Å². The number of aliphatic imine (C=N–C) groups is 2. The molecule has 0 fully saturated rings. The molecule has 0 radical (unpaired) electrons. The van der Waals surface area contributed by atoms with Gasteiger partial charge in [0.2, 0.25) is 11.9 Å². The van der Waals surface area contributed by atoms with Crippen LogP contribution >= 0.6 is 0 Å². The molecule has 4 rings (SSSR count). The minimum atomic E-state index is -1.41. The fourth-order valence-electron chi connectivity index (χ4n) is 3.97. The molecule has 3 aliphatic rings. The lowest BCUT2D eigenvalue weighted by Crippen LogP contribution is -2.47. The Kier molecular flexibility index (Phi) is 6.18. The van der Waals surface area contributed by atoms with Crippen LogP contribution in [0.1, 0.15) is 45.2 Å². The van der Waals surface area contributed by atoms with Crippen LogP contribution < -0.4 is 5.73 Å². The number of benzene rings is 1. The van der Waals surface area contributed by atoms with Gasteiger partial charge >= 0.3 is 0 Å². The standard InChI is InChI=1S/C24H29FN4O3S/c1-6-17-10-21(18-12-31-11-14(2)15(18)3)32-22(27-17)16-7-8-20(25)19(9-16)24(4)13-33(30)29(5)23(26)28-24/h7-12,15,17H,6,13H2,1-5H3,(H2,26,28). The summed E-state index contributed by atoms with van der Waals surface area (Å²) < 4.78 is 40.6. The van der Waals surface area contributed by atoms with Gasteiger partial charge in [0.1, 0.15) is 28.1 Å². The number of halogens is 1. The number of ether oxygens (including phenoxy) is 2. The second-order valence-electron chi connectivity index (χ2n) is 8.74. The van der Waals surface area contributed by atoms with Crippen molar-refractivity contribution in [3.8, 4) is 0 Å². The average Bonchev–Trinajstić information content (AvgIpc) is 2.79. The first-order chi connectivity index (χ1) is 15.6. The van der Waals surface area contributed by atoms with Crippen LogP contribution in [0.3, 0.4) is 0 Å². The lowest BCUT2D eigenvalue weighted by atomic mass is 9.91. The van der Waals surface area contributed by atoms with E-state index in [0.717, 1.165) is 17.6 Å². The molecule has 0 bridgehead atoms. The van der Waals surface area contributed by atoms with E-state index < -0.39 is 22.3 Å². The minimum absolute atomic E-state index is 0.0864. The van der Waals surface area contributed by atoms with Gasteiger partial charge in [-0.3, -0.25) is 4.31 Å². The third kappa shape index (κ3) is 4.34. The van der Waals surface area contributed by atoms with Gasteiger partial charge in [0.15, 0.2) is 0 Å². The largest absolute Gasteiger partial charge is 0.472 e. The zero-order chi connectivity index (χ0) is 23.9. The third-order valence-corrected chi connectivity index (χ3v) is 7.93. The maximum absolute atomic E-state index is 15.0. The first-order valence-corrected chi connectivity index (χ1v) is 12.2. The highest BCUT2D eigenvalue weighted by Crippen LogP contribution is 2.35. The molecule has 4 unspecified atom stereocenters. The van der Waals surface area contributed by atoms with E-state index in [1.54, 1.807) is 38.6 Å². The van der Waals surface area contributed by atoms with Crippen molar-refractivity contribution in [2.75, 3.05) is 12.8 Å². The fraction of sp³-hybridized carbons (Fsp3) is 0.417. The molecule has 9 heteroatoms. The molecular formula is C24H29FN4O3S. The number of guanidine groups is 1. The van der Waals surface area contributed by atoms with E-state index in [1.165, 1.54) is 10.4 Å². The normalized spacial score (nSPS) is 29.7. The smallest absolute Gasteiger partial charge is 0.222 e. The minimum Gasteiger partial charge on any atom is -0.472 e. The van der Waals surface area contributed by atoms with Crippen LogP contribution in [0.4, 0.5) is 4.39 Å². The van der Waals surface area contributed by atoms with Crippen LogP contribution in [0, 0.1) is 11.7 Å². The number of nitrogens with two attached hydrogens (primary N) is 1. The van der Waals surface area contributed by atoms with Crippen molar-refractivity contribution in [2.45, 2.75) is 45.7 Å². The van der Waals surface area contributed by atoms with Crippen molar-refractivity contribution in [1.82, 2.24) is 4.31 Å². The van der Waals surface area contributed by atoms with Crippen LogP contribution in [-0.2, 0) is 26.0 Å². The number of rotatable bonds is 4. The summed E-state index contributed by atoms with van der Waals surface area (Å²) in [5.74, 6) is 0.999. The molecule has 0 saturated carbocycles. The molecule has 4 atom stereocenters. The number of hydrogen-bond donors (Lipinski definition) is 1. The van der Waals surface area contributed by atoms with Gasteiger partial charge in [0.05, 0.1) is 24.3 Å². The van der Waals surface area contributed by atoms with Gasteiger partial charge in [0.25, 0.3) is 0 Å². The molecule has 2 N–H and O–H groups in total. The summed E-state index contributed by atoms with van der Waals surface area (Å²) in [5.41, 5.74) is 7.82. The Balaban J connectivity index is 1.71. The molecule has 3 heterocycles. The number of hydrogen-bond acceptors (Lipinski definition) is 6. The van der Waals surface area contributed by atoms with E-state index in [9.17, 15) is 8.60 Å². The highest BCUT2D eigenvalue weighted by Gasteiger charge is 2.38. The molecule has 1 aromatic rings. The summed E-state index contributed by atoms with van der Waals surface area (Å²) in [7, 11) is 0.189. The molecule has 0 spiro atoms. The Morgan fingerprint density at radius 3 is 2.82 bits per heavy atom. The van der Waals surface area contributed by atoms with E-state index in [0.29, 0.717) is 22.8 Å². The van der Waals surface area contributed by atoms with Crippen molar-refractivity contribution >= 4 is 22.8 Å².